The second kappa shape index (κ2) is 7.07. The molecule has 1 N–H and O–H groups in total. The second-order valence-electron chi connectivity index (χ2n) is 6.43. The number of thiazole rings is 1. The van der Waals surface area contributed by atoms with E-state index >= 15 is 0 Å². The molecule has 25 heavy (non-hydrogen) atoms. The molecule has 0 aliphatic carbocycles. The lowest BCUT2D eigenvalue weighted by molar-refractivity contribution is 0.152. The second-order valence-corrected chi connectivity index (χ2v) is 7.30. The number of fused-ring (bicyclic) bond motifs is 1. The maximum Gasteiger partial charge on any atom is 0.258 e. The van der Waals surface area contributed by atoms with Crippen LogP contribution in [-0.2, 0) is 13.0 Å². The van der Waals surface area contributed by atoms with Gasteiger partial charge in [0.2, 0.25) is 0 Å². The van der Waals surface area contributed by atoms with Crippen LogP contribution in [0.15, 0.2) is 46.7 Å². The normalized spacial score (nSPS) is 18.7. The highest BCUT2D eigenvalue weighted by atomic mass is 32.1. The number of nitrogens with zero attached hydrogens (tertiary/aromatic N) is 3. The van der Waals surface area contributed by atoms with Crippen molar-refractivity contribution in [1.29, 1.82) is 0 Å². The predicted molar refractivity (Wildman–Crippen MR) is 101 cm³/mol. The quantitative estimate of drug-likeness (QED) is 0.782. The molecule has 1 saturated heterocycles. The zero-order valence-corrected chi connectivity index (χ0v) is 15.1. The molecule has 1 aliphatic heterocycles. The van der Waals surface area contributed by atoms with Gasteiger partial charge in [0.25, 0.3) is 5.56 Å². The van der Waals surface area contributed by atoms with E-state index in [1.54, 1.807) is 16.7 Å². The molecule has 1 aliphatic rings. The predicted octanol–water partition coefficient (Wildman–Crippen LogP) is 2.46. The van der Waals surface area contributed by atoms with Crippen LogP contribution in [0, 0.1) is 0 Å². The van der Waals surface area contributed by atoms with Crippen LogP contribution in [0.5, 0.6) is 0 Å². The largest absolute Gasteiger partial charge is 0.314 e. The van der Waals surface area contributed by atoms with Crippen molar-refractivity contribution in [3.63, 3.8) is 0 Å². The molecule has 1 fully saturated rings. The molecule has 3 heterocycles. The lowest BCUT2D eigenvalue weighted by Gasteiger charge is -2.36. The molecule has 0 amide bonds. The van der Waals surface area contributed by atoms with Crippen molar-refractivity contribution in [2.45, 2.75) is 25.9 Å². The molecule has 4 rings (SSSR count). The maximum absolute atomic E-state index is 12.2. The first kappa shape index (κ1) is 16.4. The number of rotatable bonds is 4. The number of aryl methyl sites for hydroxylation is 1. The number of benzene rings is 1. The Morgan fingerprint density at radius 1 is 1.32 bits per heavy atom. The number of hydrogen-bond acceptors (Lipinski definition) is 5. The van der Waals surface area contributed by atoms with E-state index in [1.165, 1.54) is 22.5 Å². The molecule has 5 nitrogen and oxygen atoms in total. The Hall–Kier alpha value is -2.02. The van der Waals surface area contributed by atoms with Crippen molar-refractivity contribution in [3.05, 3.63) is 69.1 Å². The van der Waals surface area contributed by atoms with Crippen LogP contribution in [0.3, 0.4) is 0 Å². The van der Waals surface area contributed by atoms with Gasteiger partial charge in [-0.15, -0.1) is 11.3 Å². The fourth-order valence-corrected chi connectivity index (χ4v) is 4.16. The van der Waals surface area contributed by atoms with Gasteiger partial charge in [-0.25, -0.2) is 4.98 Å². The summed E-state index contributed by atoms with van der Waals surface area (Å²) in [5.41, 5.74) is 3.53. The van der Waals surface area contributed by atoms with Crippen molar-refractivity contribution in [2.75, 3.05) is 19.6 Å². The SMILES string of the molecule is CCc1ccc(C2CNCCN2Cc2cc(=O)n3ccsc3n2)cc1. The highest BCUT2D eigenvalue weighted by Gasteiger charge is 2.24. The number of hydrogen-bond donors (Lipinski definition) is 1. The van der Waals surface area contributed by atoms with Crippen LogP contribution in [0.1, 0.15) is 29.8 Å². The minimum absolute atomic E-state index is 0.000216. The van der Waals surface area contributed by atoms with E-state index in [1.807, 2.05) is 5.38 Å². The fraction of sp³-hybridized carbons (Fsp3) is 0.368. The molecule has 0 saturated carbocycles. The molecule has 6 heteroatoms. The average molecular weight is 354 g/mol. The summed E-state index contributed by atoms with van der Waals surface area (Å²) in [4.78, 5) is 20.1. The summed E-state index contributed by atoms with van der Waals surface area (Å²) in [5.74, 6) is 0. The summed E-state index contributed by atoms with van der Waals surface area (Å²) in [6.45, 7) is 5.71. The summed E-state index contributed by atoms with van der Waals surface area (Å²) < 4.78 is 1.60. The van der Waals surface area contributed by atoms with Crippen molar-refractivity contribution < 1.29 is 0 Å². The van der Waals surface area contributed by atoms with Gasteiger partial charge in [-0.3, -0.25) is 14.1 Å². The molecule has 1 aromatic carbocycles. The molecule has 3 aromatic rings. The van der Waals surface area contributed by atoms with Crippen LogP contribution in [-0.4, -0.2) is 33.9 Å². The third-order valence-corrected chi connectivity index (χ3v) is 5.60. The Bertz CT molecular complexity index is 915. The Balaban J connectivity index is 1.60. The van der Waals surface area contributed by atoms with Gasteiger partial charge in [-0.05, 0) is 17.5 Å². The third kappa shape index (κ3) is 3.38. The van der Waals surface area contributed by atoms with Crippen LogP contribution < -0.4 is 10.9 Å². The Labute approximate surface area is 150 Å². The van der Waals surface area contributed by atoms with Crippen molar-refractivity contribution in [2.24, 2.45) is 0 Å². The lowest BCUT2D eigenvalue weighted by atomic mass is 10.0. The molecule has 0 bridgehead atoms. The van der Waals surface area contributed by atoms with Crippen molar-refractivity contribution in [3.8, 4) is 0 Å². The minimum Gasteiger partial charge on any atom is -0.314 e. The van der Waals surface area contributed by atoms with E-state index in [0.29, 0.717) is 12.6 Å². The number of aromatic nitrogens is 2. The molecule has 130 valence electrons. The Kier molecular flexibility index (Phi) is 4.65. The van der Waals surface area contributed by atoms with Crippen LogP contribution in [0.2, 0.25) is 0 Å². The minimum atomic E-state index is 0.000216. The molecule has 0 spiro atoms. The van der Waals surface area contributed by atoms with Gasteiger partial charge >= 0.3 is 0 Å². The van der Waals surface area contributed by atoms with E-state index in [0.717, 1.165) is 36.7 Å². The monoisotopic (exact) mass is 354 g/mol. The number of piperazine rings is 1. The first-order valence-corrected chi connectivity index (χ1v) is 9.62. The number of nitrogens with one attached hydrogen (secondary N) is 1. The molecule has 0 radical (unpaired) electrons. The van der Waals surface area contributed by atoms with Crippen molar-refractivity contribution >= 4 is 16.3 Å². The topological polar surface area (TPSA) is 49.6 Å². The Morgan fingerprint density at radius 2 is 2.16 bits per heavy atom. The van der Waals surface area contributed by atoms with Gasteiger partial charge < -0.3 is 5.32 Å². The molecule has 1 atom stereocenters. The third-order valence-electron chi connectivity index (χ3n) is 4.85. The summed E-state index contributed by atoms with van der Waals surface area (Å²) in [7, 11) is 0. The lowest BCUT2D eigenvalue weighted by Crippen LogP contribution is -2.45. The van der Waals surface area contributed by atoms with Crippen molar-refractivity contribution in [1.82, 2.24) is 19.6 Å². The standard InChI is InChI=1S/C19H22N4OS/c1-2-14-3-5-15(6-4-14)17-12-20-7-8-22(17)13-16-11-18(24)23-9-10-25-19(23)21-16/h3-6,9-11,17,20H,2,7-8,12-13H2,1H3. The van der Waals surface area contributed by atoms with E-state index in [-0.39, 0.29) is 5.56 Å². The van der Waals surface area contributed by atoms with Gasteiger partial charge in [-0.2, -0.15) is 0 Å². The van der Waals surface area contributed by atoms with Gasteiger partial charge in [0.15, 0.2) is 4.96 Å². The van der Waals surface area contributed by atoms with Crippen LogP contribution >= 0.6 is 11.3 Å². The van der Waals surface area contributed by atoms with Gasteiger partial charge in [0.05, 0.1) is 5.69 Å². The average Bonchev–Trinajstić information content (AvgIpc) is 3.11. The molecular weight excluding hydrogens is 332 g/mol. The van der Waals surface area contributed by atoms with E-state index in [4.69, 9.17) is 0 Å². The van der Waals surface area contributed by atoms with Gasteiger partial charge in [0, 0.05) is 49.9 Å². The summed E-state index contributed by atoms with van der Waals surface area (Å²) in [6, 6.07) is 10.9. The van der Waals surface area contributed by atoms with Gasteiger partial charge in [-0.1, -0.05) is 31.2 Å². The zero-order valence-electron chi connectivity index (χ0n) is 14.3. The highest BCUT2D eigenvalue weighted by molar-refractivity contribution is 7.15. The smallest absolute Gasteiger partial charge is 0.258 e. The summed E-state index contributed by atoms with van der Waals surface area (Å²) in [6.07, 6.45) is 2.84. The summed E-state index contributed by atoms with van der Waals surface area (Å²) in [5, 5.41) is 5.39. The Morgan fingerprint density at radius 3 is 2.96 bits per heavy atom. The molecule has 1 unspecified atom stereocenters. The molecule has 2 aromatic heterocycles. The maximum atomic E-state index is 12.2. The van der Waals surface area contributed by atoms with E-state index < -0.39 is 0 Å². The van der Waals surface area contributed by atoms with E-state index in [9.17, 15) is 4.79 Å². The van der Waals surface area contributed by atoms with Crippen LogP contribution in [0.4, 0.5) is 0 Å². The van der Waals surface area contributed by atoms with E-state index in [2.05, 4.69) is 46.4 Å². The molecular formula is C19H22N4OS. The first-order chi connectivity index (χ1) is 12.2. The highest BCUT2D eigenvalue weighted by Crippen LogP contribution is 2.24. The van der Waals surface area contributed by atoms with Gasteiger partial charge in [0.1, 0.15) is 0 Å². The van der Waals surface area contributed by atoms with Crippen LogP contribution in [0.25, 0.3) is 4.96 Å². The first-order valence-electron chi connectivity index (χ1n) is 8.74. The summed E-state index contributed by atoms with van der Waals surface area (Å²) >= 11 is 1.50. The fourth-order valence-electron chi connectivity index (χ4n) is 3.42. The zero-order chi connectivity index (χ0) is 17.2.